The zero-order chi connectivity index (χ0) is 12.8. The lowest BCUT2D eigenvalue weighted by atomic mass is 10.1. The molecule has 1 unspecified atom stereocenters. The smallest absolute Gasteiger partial charge is 0.255 e. The molecule has 0 spiro atoms. The average molecular weight is 265 g/mol. The second kappa shape index (κ2) is 6.64. The SMILES string of the molecule is CCNc1ccncc1C(=O)NC1CCCSC1. The lowest BCUT2D eigenvalue weighted by molar-refractivity contribution is 0.0939. The molecule has 0 aliphatic carbocycles. The number of nitrogens with one attached hydrogen (secondary N) is 2. The normalized spacial score (nSPS) is 19.3. The molecule has 2 heterocycles. The van der Waals surface area contributed by atoms with Gasteiger partial charge in [0.15, 0.2) is 0 Å². The highest BCUT2D eigenvalue weighted by atomic mass is 32.2. The van der Waals surface area contributed by atoms with Crippen molar-refractivity contribution in [3.8, 4) is 0 Å². The molecular formula is C13H19N3OS. The number of aromatic nitrogens is 1. The van der Waals surface area contributed by atoms with E-state index < -0.39 is 0 Å². The fourth-order valence-corrected chi connectivity index (χ4v) is 3.11. The van der Waals surface area contributed by atoms with Gasteiger partial charge in [0.25, 0.3) is 5.91 Å². The summed E-state index contributed by atoms with van der Waals surface area (Å²) in [5.74, 6) is 2.20. The van der Waals surface area contributed by atoms with E-state index in [1.54, 1.807) is 12.4 Å². The lowest BCUT2D eigenvalue weighted by Gasteiger charge is -2.23. The number of hydrogen-bond donors (Lipinski definition) is 2. The fraction of sp³-hybridized carbons (Fsp3) is 0.538. The van der Waals surface area contributed by atoms with E-state index in [1.165, 1.54) is 12.2 Å². The van der Waals surface area contributed by atoms with E-state index in [-0.39, 0.29) is 5.91 Å². The largest absolute Gasteiger partial charge is 0.385 e. The van der Waals surface area contributed by atoms with Gasteiger partial charge in [-0.1, -0.05) is 0 Å². The van der Waals surface area contributed by atoms with Crippen LogP contribution in [0.4, 0.5) is 5.69 Å². The molecule has 98 valence electrons. The topological polar surface area (TPSA) is 54.0 Å². The zero-order valence-corrected chi connectivity index (χ0v) is 11.4. The first-order valence-corrected chi connectivity index (χ1v) is 7.53. The van der Waals surface area contributed by atoms with Crippen molar-refractivity contribution in [2.75, 3.05) is 23.4 Å². The third-order valence-corrected chi connectivity index (χ3v) is 4.14. The van der Waals surface area contributed by atoms with Gasteiger partial charge in [-0.25, -0.2) is 0 Å². The number of thioether (sulfide) groups is 1. The number of pyridine rings is 1. The summed E-state index contributed by atoms with van der Waals surface area (Å²) in [6.07, 6.45) is 5.59. The molecule has 0 radical (unpaired) electrons. The van der Waals surface area contributed by atoms with Gasteiger partial charge >= 0.3 is 0 Å². The number of rotatable bonds is 4. The first-order valence-electron chi connectivity index (χ1n) is 6.37. The minimum atomic E-state index is -0.0217. The summed E-state index contributed by atoms with van der Waals surface area (Å²) in [4.78, 5) is 16.2. The quantitative estimate of drug-likeness (QED) is 0.876. The van der Waals surface area contributed by atoms with Crippen molar-refractivity contribution < 1.29 is 4.79 Å². The van der Waals surface area contributed by atoms with Crippen LogP contribution in [0.15, 0.2) is 18.5 Å². The number of nitrogens with zero attached hydrogens (tertiary/aromatic N) is 1. The molecule has 1 saturated heterocycles. The van der Waals surface area contributed by atoms with Gasteiger partial charge in [0, 0.05) is 30.7 Å². The van der Waals surface area contributed by atoms with Crippen LogP contribution in [0.1, 0.15) is 30.1 Å². The molecule has 4 nitrogen and oxygen atoms in total. The number of amides is 1. The standard InChI is InChI=1S/C13H19N3OS/c1-2-15-12-5-6-14-8-11(12)13(17)16-10-4-3-7-18-9-10/h5-6,8,10H,2-4,7,9H2,1H3,(H,14,15)(H,16,17). The lowest BCUT2D eigenvalue weighted by Crippen LogP contribution is -2.38. The van der Waals surface area contributed by atoms with Crippen molar-refractivity contribution in [3.63, 3.8) is 0 Å². The second-order valence-electron chi connectivity index (χ2n) is 4.34. The first kappa shape index (κ1) is 13.2. The molecule has 18 heavy (non-hydrogen) atoms. The summed E-state index contributed by atoms with van der Waals surface area (Å²) in [5.41, 5.74) is 1.49. The predicted octanol–water partition coefficient (Wildman–Crippen LogP) is 2.14. The Morgan fingerprint density at radius 2 is 2.50 bits per heavy atom. The zero-order valence-electron chi connectivity index (χ0n) is 10.6. The molecule has 1 atom stereocenters. The molecular weight excluding hydrogens is 246 g/mol. The highest BCUT2D eigenvalue weighted by Gasteiger charge is 2.18. The number of carbonyl (C=O) groups is 1. The van der Waals surface area contributed by atoms with Crippen molar-refractivity contribution in [3.05, 3.63) is 24.0 Å². The molecule has 2 rings (SSSR count). The van der Waals surface area contributed by atoms with E-state index in [4.69, 9.17) is 0 Å². The average Bonchev–Trinajstić information content (AvgIpc) is 2.41. The molecule has 1 aromatic heterocycles. The van der Waals surface area contributed by atoms with Gasteiger partial charge < -0.3 is 10.6 Å². The van der Waals surface area contributed by atoms with Crippen molar-refractivity contribution in [1.29, 1.82) is 0 Å². The van der Waals surface area contributed by atoms with E-state index in [0.717, 1.165) is 24.4 Å². The monoisotopic (exact) mass is 265 g/mol. The van der Waals surface area contributed by atoms with Crippen LogP contribution < -0.4 is 10.6 Å². The molecule has 0 aromatic carbocycles. The maximum atomic E-state index is 12.2. The molecule has 0 saturated carbocycles. The van der Waals surface area contributed by atoms with E-state index in [9.17, 15) is 4.79 Å². The molecule has 0 bridgehead atoms. The summed E-state index contributed by atoms with van der Waals surface area (Å²) in [5, 5.41) is 6.28. The van der Waals surface area contributed by atoms with Gasteiger partial charge in [-0.15, -0.1) is 0 Å². The number of carbonyl (C=O) groups excluding carboxylic acids is 1. The summed E-state index contributed by atoms with van der Waals surface area (Å²) in [6, 6.07) is 2.14. The Bertz CT molecular complexity index is 405. The van der Waals surface area contributed by atoms with Crippen molar-refractivity contribution in [2.45, 2.75) is 25.8 Å². The fourth-order valence-electron chi connectivity index (χ4n) is 2.04. The Morgan fingerprint density at radius 3 is 3.22 bits per heavy atom. The number of hydrogen-bond acceptors (Lipinski definition) is 4. The maximum Gasteiger partial charge on any atom is 0.255 e. The Kier molecular flexibility index (Phi) is 4.87. The predicted molar refractivity (Wildman–Crippen MR) is 76.2 cm³/mol. The minimum absolute atomic E-state index is 0.0217. The Hall–Kier alpha value is -1.23. The summed E-state index contributed by atoms with van der Waals surface area (Å²) >= 11 is 1.91. The van der Waals surface area contributed by atoms with Gasteiger partial charge in [-0.2, -0.15) is 11.8 Å². The van der Waals surface area contributed by atoms with Gasteiger partial charge in [0.1, 0.15) is 0 Å². The van der Waals surface area contributed by atoms with Crippen LogP contribution in [-0.2, 0) is 0 Å². The van der Waals surface area contributed by atoms with Crippen molar-refractivity contribution in [2.24, 2.45) is 0 Å². The molecule has 2 N–H and O–H groups in total. The van der Waals surface area contributed by atoms with Crippen LogP contribution in [-0.4, -0.2) is 35.0 Å². The van der Waals surface area contributed by atoms with Crippen LogP contribution in [0.2, 0.25) is 0 Å². The minimum Gasteiger partial charge on any atom is -0.385 e. The summed E-state index contributed by atoms with van der Waals surface area (Å²) in [7, 11) is 0. The molecule has 1 amide bonds. The van der Waals surface area contributed by atoms with Gasteiger partial charge in [-0.05, 0) is 31.6 Å². The van der Waals surface area contributed by atoms with E-state index >= 15 is 0 Å². The van der Waals surface area contributed by atoms with Crippen LogP contribution in [0.25, 0.3) is 0 Å². The van der Waals surface area contributed by atoms with Gasteiger partial charge in [-0.3, -0.25) is 9.78 Å². The van der Waals surface area contributed by atoms with E-state index in [1.807, 2.05) is 24.8 Å². The maximum absolute atomic E-state index is 12.2. The van der Waals surface area contributed by atoms with Crippen LogP contribution in [0.3, 0.4) is 0 Å². The Morgan fingerprint density at radius 1 is 1.61 bits per heavy atom. The highest BCUT2D eigenvalue weighted by molar-refractivity contribution is 7.99. The molecule has 5 heteroatoms. The van der Waals surface area contributed by atoms with Gasteiger partial charge in [0.2, 0.25) is 0 Å². The molecule has 1 aliphatic heterocycles. The first-order chi connectivity index (χ1) is 8.81. The van der Waals surface area contributed by atoms with Crippen molar-refractivity contribution >= 4 is 23.4 Å². The Labute approximate surface area is 112 Å². The molecule has 1 aliphatic rings. The van der Waals surface area contributed by atoms with Crippen LogP contribution in [0, 0.1) is 0 Å². The molecule has 1 fully saturated rings. The van der Waals surface area contributed by atoms with Crippen molar-refractivity contribution in [1.82, 2.24) is 10.3 Å². The van der Waals surface area contributed by atoms with E-state index in [0.29, 0.717) is 11.6 Å². The van der Waals surface area contributed by atoms with Crippen LogP contribution in [0.5, 0.6) is 0 Å². The summed E-state index contributed by atoms with van der Waals surface area (Å²) in [6.45, 7) is 2.81. The highest BCUT2D eigenvalue weighted by Crippen LogP contribution is 2.18. The van der Waals surface area contributed by atoms with E-state index in [2.05, 4.69) is 15.6 Å². The third kappa shape index (κ3) is 3.38. The second-order valence-corrected chi connectivity index (χ2v) is 5.49. The Balaban J connectivity index is 2.03. The van der Waals surface area contributed by atoms with Gasteiger partial charge in [0.05, 0.1) is 11.3 Å². The third-order valence-electron chi connectivity index (χ3n) is 2.93. The molecule has 1 aromatic rings. The van der Waals surface area contributed by atoms with Crippen LogP contribution >= 0.6 is 11.8 Å². The summed E-state index contributed by atoms with van der Waals surface area (Å²) < 4.78 is 0. The number of anilines is 1.